The monoisotopic (exact) mass is 243 g/mol. The molecule has 0 aliphatic heterocycles. The minimum atomic E-state index is -0.583. The Hall–Kier alpha value is -0.380. The second-order valence-electron chi connectivity index (χ2n) is 3.04. The molecule has 2 nitrogen and oxygen atoms in total. The van der Waals surface area contributed by atoms with Crippen LogP contribution in [0.2, 0.25) is 0 Å². The molecule has 0 aromatic heterocycles. The summed E-state index contributed by atoms with van der Waals surface area (Å²) in [6.07, 6.45) is 0.184. The van der Waals surface area contributed by atoms with E-state index in [0.29, 0.717) is 0 Å². The highest BCUT2D eigenvalue weighted by Gasteiger charge is 2.16. The van der Waals surface area contributed by atoms with E-state index in [1.54, 1.807) is 0 Å². The van der Waals surface area contributed by atoms with Crippen molar-refractivity contribution >= 4 is 15.9 Å². The van der Waals surface area contributed by atoms with Crippen LogP contribution >= 0.6 is 15.9 Å². The number of rotatable bonds is 3. The van der Waals surface area contributed by atoms with Crippen LogP contribution in [0.25, 0.3) is 0 Å². The van der Waals surface area contributed by atoms with Gasteiger partial charge in [0, 0.05) is 10.5 Å². The highest BCUT2D eigenvalue weighted by atomic mass is 79.9. The lowest BCUT2D eigenvalue weighted by molar-refractivity contribution is 0.144. The molecule has 0 aliphatic carbocycles. The van der Waals surface area contributed by atoms with Crippen molar-refractivity contribution < 1.29 is 5.11 Å². The smallest absolute Gasteiger partial charge is 0.0951 e. The second-order valence-corrected chi connectivity index (χ2v) is 3.89. The summed E-state index contributed by atoms with van der Waals surface area (Å²) in [6.45, 7) is 1.96. The van der Waals surface area contributed by atoms with Gasteiger partial charge in [0.05, 0.1) is 6.10 Å². The van der Waals surface area contributed by atoms with Crippen LogP contribution in [0, 0.1) is 0 Å². The van der Waals surface area contributed by atoms with E-state index < -0.39 is 6.10 Å². The first-order valence-corrected chi connectivity index (χ1v) is 5.14. The largest absolute Gasteiger partial charge is 0.387 e. The van der Waals surface area contributed by atoms with Gasteiger partial charge >= 0.3 is 0 Å². The molecule has 0 spiro atoms. The average molecular weight is 244 g/mol. The number of aliphatic hydroxyl groups excluding tert-OH is 1. The van der Waals surface area contributed by atoms with Crippen LogP contribution in [-0.4, -0.2) is 11.1 Å². The van der Waals surface area contributed by atoms with Gasteiger partial charge in [-0.3, -0.25) is 0 Å². The Balaban J connectivity index is 2.88. The zero-order chi connectivity index (χ0) is 9.84. The van der Waals surface area contributed by atoms with E-state index in [1.165, 1.54) is 0 Å². The summed E-state index contributed by atoms with van der Waals surface area (Å²) in [4.78, 5) is 0. The molecule has 3 N–H and O–H groups in total. The average Bonchev–Trinajstić information content (AvgIpc) is 2.16. The van der Waals surface area contributed by atoms with Gasteiger partial charge in [-0.2, -0.15) is 0 Å². The summed E-state index contributed by atoms with van der Waals surface area (Å²) in [5, 5.41) is 9.81. The Morgan fingerprint density at radius 2 is 2.08 bits per heavy atom. The molecule has 0 fully saturated rings. The molecular formula is C10H14BrNO. The summed E-state index contributed by atoms with van der Waals surface area (Å²) in [5.41, 5.74) is 6.60. The van der Waals surface area contributed by atoms with Gasteiger partial charge < -0.3 is 10.8 Å². The third-order valence-electron chi connectivity index (χ3n) is 2.10. The van der Waals surface area contributed by atoms with Crippen molar-refractivity contribution in [2.75, 3.05) is 0 Å². The predicted octanol–water partition coefficient (Wildman–Crippen LogP) is 2.22. The zero-order valence-corrected chi connectivity index (χ0v) is 9.16. The Morgan fingerprint density at radius 3 is 2.62 bits per heavy atom. The lowest BCUT2D eigenvalue weighted by atomic mass is 10.0. The Kier molecular flexibility index (Phi) is 3.90. The van der Waals surface area contributed by atoms with Crippen LogP contribution in [0.15, 0.2) is 28.7 Å². The molecule has 0 bridgehead atoms. The lowest BCUT2D eigenvalue weighted by Crippen LogP contribution is -2.27. The molecule has 0 amide bonds. The number of benzene rings is 1. The highest BCUT2D eigenvalue weighted by molar-refractivity contribution is 9.10. The maximum absolute atomic E-state index is 9.81. The first-order valence-electron chi connectivity index (χ1n) is 4.35. The van der Waals surface area contributed by atoms with E-state index in [0.717, 1.165) is 16.5 Å². The van der Waals surface area contributed by atoms with E-state index >= 15 is 0 Å². The van der Waals surface area contributed by atoms with E-state index in [4.69, 9.17) is 5.73 Å². The van der Waals surface area contributed by atoms with Gasteiger partial charge in [0.2, 0.25) is 0 Å². The van der Waals surface area contributed by atoms with Crippen molar-refractivity contribution in [3.63, 3.8) is 0 Å². The van der Waals surface area contributed by atoms with E-state index in [1.807, 2.05) is 31.2 Å². The van der Waals surface area contributed by atoms with E-state index in [-0.39, 0.29) is 6.04 Å². The van der Waals surface area contributed by atoms with Crippen LogP contribution < -0.4 is 5.73 Å². The van der Waals surface area contributed by atoms with Gasteiger partial charge in [0.1, 0.15) is 0 Å². The molecule has 1 aromatic carbocycles. The Bertz CT molecular complexity index is 277. The van der Waals surface area contributed by atoms with Gasteiger partial charge in [0.15, 0.2) is 0 Å². The molecule has 0 saturated carbocycles. The van der Waals surface area contributed by atoms with E-state index in [9.17, 15) is 5.11 Å². The molecule has 1 aromatic rings. The number of hydrogen-bond acceptors (Lipinski definition) is 2. The summed E-state index contributed by atoms with van der Waals surface area (Å²) in [7, 11) is 0. The molecule has 72 valence electrons. The summed E-state index contributed by atoms with van der Waals surface area (Å²) in [5.74, 6) is 0. The summed E-state index contributed by atoms with van der Waals surface area (Å²) >= 11 is 3.38. The third kappa shape index (κ3) is 2.53. The molecule has 0 saturated heterocycles. The van der Waals surface area contributed by atoms with Crippen molar-refractivity contribution in [3.05, 3.63) is 34.3 Å². The topological polar surface area (TPSA) is 46.2 Å². The molecule has 1 rings (SSSR count). The summed E-state index contributed by atoms with van der Waals surface area (Å²) in [6, 6.07) is 7.40. The maximum atomic E-state index is 9.81. The van der Waals surface area contributed by atoms with Gasteiger partial charge in [-0.1, -0.05) is 41.1 Å². The van der Waals surface area contributed by atoms with E-state index in [2.05, 4.69) is 15.9 Å². The lowest BCUT2D eigenvalue weighted by Gasteiger charge is -2.18. The minimum absolute atomic E-state index is 0.196. The number of nitrogens with two attached hydrogens (primary N) is 1. The highest BCUT2D eigenvalue weighted by Crippen LogP contribution is 2.25. The summed E-state index contributed by atoms with van der Waals surface area (Å²) < 4.78 is 0.909. The standard InChI is InChI=1S/C10H14BrNO/c1-2-9(12)10(13)7-5-3-4-6-8(7)11/h3-6,9-10,13H,2,12H2,1H3. The first kappa shape index (κ1) is 10.7. The van der Waals surface area contributed by atoms with Crippen molar-refractivity contribution in [1.82, 2.24) is 0 Å². The fourth-order valence-electron chi connectivity index (χ4n) is 1.17. The van der Waals surface area contributed by atoms with Gasteiger partial charge in [-0.15, -0.1) is 0 Å². The fraction of sp³-hybridized carbons (Fsp3) is 0.400. The van der Waals surface area contributed by atoms with Crippen molar-refractivity contribution in [3.8, 4) is 0 Å². The molecule has 0 radical (unpaired) electrons. The maximum Gasteiger partial charge on any atom is 0.0951 e. The van der Waals surface area contributed by atoms with Crippen molar-refractivity contribution in [1.29, 1.82) is 0 Å². The molecule has 3 heteroatoms. The molecule has 13 heavy (non-hydrogen) atoms. The molecule has 2 unspecified atom stereocenters. The third-order valence-corrected chi connectivity index (χ3v) is 2.82. The van der Waals surface area contributed by atoms with Gasteiger partial charge in [-0.05, 0) is 18.1 Å². The molecule has 2 atom stereocenters. The zero-order valence-electron chi connectivity index (χ0n) is 7.57. The van der Waals surface area contributed by atoms with Crippen LogP contribution in [0.4, 0.5) is 0 Å². The van der Waals surface area contributed by atoms with Gasteiger partial charge in [0.25, 0.3) is 0 Å². The van der Waals surface area contributed by atoms with Crippen LogP contribution in [0.5, 0.6) is 0 Å². The number of hydrogen-bond donors (Lipinski definition) is 2. The van der Waals surface area contributed by atoms with Crippen molar-refractivity contribution in [2.45, 2.75) is 25.5 Å². The SMILES string of the molecule is CCC(N)C(O)c1ccccc1Br. The fourth-order valence-corrected chi connectivity index (χ4v) is 1.69. The Morgan fingerprint density at radius 1 is 1.46 bits per heavy atom. The van der Waals surface area contributed by atoms with Crippen LogP contribution in [-0.2, 0) is 0 Å². The minimum Gasteiger partial charge on any atom is -0.387 e. The molecule has 0 heterocycles. The number of aliphatic hydroxyl groups is 1. The first-order chi connectivity index (χ1) is 6.16. The van der Waals surface area contributed by atoms with Gasteiger partial charge in [-0.25, -0.2) is 0 Å². The number of halogens is 1. The predicted molar refractivity (Wildman–Crippen MR) is 57.4 cm³/mol. The van der Waals surface area contributed by atoms with Crippen molar-refractivity contribution in [2.24, 2.45) is 5.73 Å². The van der Waals surface area contributed by atoms with Crippen LogP contribution in [0.1, 0.15) is 25.0 Å². The molecular weight excluding hydrogens is 230 g/mol. The molecule has 0 aliphatic rings. The van der Waals surface area contributed by atoms with Crippen LogP contribution in [0.3, 0.4) is 0 Å². The Labute approximate surface area is 86.9 Å². The second kappa shape index (κ2) is 4.74. The quantitative estimate of drug-likeness (QED) is 0.856. The normalized spacial score (nSPS) is 15.4.